The van der Waals surface area contributed by atoms with Gasteiger partial charge in [0.15, 0.2) is 0 Å². The molecule has 3 N–H and O–H groups in total. The molecule has 0 unspecified atom stereocenters. The highest BCUT2D eigenvalue weighted by Gasteiger charge is 1.99. The summed E-state index contributed by atoms with van der Waals surface area (Å²) in [6.07, 6.45) is 0. The second kappa shape index (κ2) is 3.39. The van der Waals surface area contributed by atoms with Crippen molar-refractivity contribution in [3.8, 4) is 0 Å². The minimum atomic E-state index is -0.259. The fourth-order valence-corrected chi connectivity index (χ4v) is 0.736. The van der Waals surface area contributed by atoms with Crippen LogP contribution >= 0.6 is 0 Å². The van der Waals surface area contributed by atoms with Crippen molar-refractivity contribution in [2.45, 2.75) is 13.8 Å². The molecule has 1 heterocycles. The first-order chi connectivity index (χ1) is 4.61. The van der Waals surface area contributed by atoms with E-state index in [2.05, 4.69) is 9.97 Å². The Bertz CT molecular complexity index is 307. The maximum atomic E-state index is 10.8. The molecule has 0 aromatic carbocycles. The van der Waals surface area contributed by atoms with Crippen LogP contribution in [0.3, 0.4) is 0 Å². The molecule has 62 valence electrons. The number of H-pyrrole nitrogens is 1. The Balaban J connectivity index is 0.000001000. The Hall–Kier alpha value is -1.03. The first-order valence-corrected chi connectivity index (χ1v) is 2.94. The van der Waals surface area contributed by atoms with E-state index in [0.717, 1.165) is 0 Å². The van der Waals surface area contributed by atoms with E-state index in [4.69, 9.17) is 5.73 Å². The molecule has 0 radical (unpaired) electrons. The van der Waals surface area contributed by atoms with Crippen LogP contribution in [-0.2, 0) is 0 Å². The zero-order chi connectivity index (χ0) is 7.72. The molecule has 0 bridgehead atoms. The van der Waals surface area contributed by atoms with Crippen LogP contribution in [0.15, 0.2) is 4.79 Å². The molecule has 0 aliphatic rings. The Morgan fingerprint density at radius 3 is 2.45 bits per heavy atom. The minimum Gasteiger partial charge on any atom is -1.00 e. The Kier molecular flexibility index (Phi) is 3.07. The molecule has 0 saturated carbocycles. The third-order valence-electron chi connectivity index (χ3n) is 1.26. The van der Waals surface area contributed by atoms with E-state index >= 15 is 0 Å². The summed E-state index contributed by atoms with van der Waals surface area (Å²) in [7, 11) is 0. The van der Waals surface area contributed by atoms with Gasteiger partial charge in [0.2, 0.25) is 0 Å². The van der Waals surface area contributed by atoms with Crippen molar-refractivity contribution < 1.29 is 12.4 Å². The van der Waals surface area contributed by atoms with Gasteiger partial charge in [0.25, 0.3) is 5.56 Å². The molecule has 0 fully saturated rings. The average Bonchev–Trinajstić information content (AvgIpc) is 1.82. The molecule has 5 heteroatoms. The number of hydrogen-bond acceptors (Lipinski definition) is 3. The molecule has 0 aliphatic heterocycles. The zero-order valence-corrected chi connectivity index (χ0v) is 7.07. The number of aromatic nitrogens is 2. The lowest BCUT2D eigenvalue weighted by atomic mass is 10.4. The molecule has 4 nitrogen and oxygen atoms in total. The maximum absolute atomic E-state index is 10.8. The van der Waals surface area contributed by atoms with Crippen LogP contribution in [-0.4, -0.2) is 9.97 Å². The standard InChI is InChI=1S/C6H9N3O.ClH/c1-3-5(7)6(10)9-4(2)8-3;/h7H2,1-2H3,(H,8,9,10);1H/p-1. The molecule has 0 atom stereocenters. The van der Waals surface area contributed by atoms with Crippen LogP contribution in [0.2, 0.25) is 0 Å². The highest BCUT2D eigenvalue weighted by atomic mass is 35.5. The summed E-state index contributed by atoms with van der Waals surface area (Å²) in [6, 6.07) is 0. The Morgan fingerprint density at radius 2 is 2.00 bits per heavy atom. The maximum Gasteiger partial charge on any atom is 0.274 e. The first kappa shape index (κ1) is 9.97. The van der Waals surface area contributed by atoms with Gasteiger partial charge in [0.1, 0.15) is 11.5 Å². The van der Waals surface area contributed by atoms with Gasteiger partial charge in [0.05, 0.1) is 5.69 Å². The number of nitrogens with one attached hydrogen (secondary N) is 1. The smallest absolute Gasteiger partial charge is 0.274 e. The van der Waals surface area contributed by atoms with Crippen molar-refractivity contribution >= 4 is 5.69 Å². The van der Waals surface area contributed by atoms with Gasteiger partial charge in [0, 0.05) is 0 Å². The van der Waals surface area contributed by atoms with Crippen molar-refractivity contribution in [2.24, 2.45) is 0 Å². The second-order valence-electron chi connectivity index (χ2n) is 2.15. The van der Waals surface area contributed by atoms with E-state index in [1.165, 1.54) is 0 Å². The number of aromatic amines is 1. The monoisotopic (exact) mass is 174 g/mol. The third kappa shape index (κ3) is 1.94. The summed E-state index contributed by atoms with van der Waals surface area (Å²) in [5.74, 6) is 0.594. The number of nitrogens with zero attached hydrogens (tertiary/aromatic N) is 1. The molecule has 0 aliphatic carbocycles. The van der Waals surface area contributed by atoms with Gasteiger partial charge in [-0.25, -0.2) is 4.98 Å². The Labute approximate surface area is 70.3 Å². The van der Waals surface area contributed by atoms with Gasteiger partial charge in [-0.3, -0.25) is 4.79 Å². The topological polar surface area (TPSA) is 71.8 Å². The van der Waals surface area contributed by atoms with Gasteiger partial charge in [-0.2, -0.15) is 0 Å². The number of rotatable bonds is 0. The number of halogens is 1. The fourth-order valence-electron chi connectivity index (χ4n) is 0.736. The predicted octanol–water partition coefficient (Wildman–Crippen LogP) is -3.03. The van der Waals surface area contributed by atoms with Gasteiger partial charge in [-0.15, -0.1) is 0 Å². The van der Waals surface area contributed by atoms with Crippen molar-refractivity contribution in [1.29, 1.82) is 0 Å². The SMILES string of the molecule is Cc1nc(C)c(N)c(=O)[nH]1.[Cl-]. The normalized spacial score (nSPS) is 8.91. The van der Waals surface area contributed by atoms with E-state index in [1.807, 2.05) is 0 Å². The van der Waals surface area contributed by atoms with Crippen molar-refractivity contribution in [2.75, 3.05) is 5.73 Å². The molecule has 1 rings (SSSR count). The van der Waals surface area contributed by atoms with Gasteiger partial charge in [-0.1, -0.05) is 0 Å². The lowest BCUT2D eigenvalue weighted by Gasteiger charge is -1.97. The van der Waals surface area contributed by atoms with Crippen LogP contribution in [0.25, 0.3) is 0 Å². The molecule has 0 spiro atoms. The summed E-state index contributed by atoms with van der Waals surface area (Å²) in [6.45, 7) is 3.42. The number of aryl methyl sites for hydroxylation is 2. The van der Waals surface area contributed by atoms with Gasteiger partial charge >= 0.3 is 0 Å². The lowest BCUT2D eigenvalue weighted by Crippen LogP contribution is -3.00. The van der Waals surface area contributed by atoms with E-state index in [0.29, 0.717) is 11.5 Å². The minimum absolute atomic E-state index is 0. The number of anilines is 1. The van der Waals surface area contributed by atoms with E-state index in [-0.39, 0.29) is 23.7 Å². The summed E-state index contributed by atoms with van der Waals surface area (Å²) in [5.41, 5.74) is 5.87. The highest BCUT2D eigenvalue weighted by Crippen LogP contribution is 1.97. The lowest BCUT2D eigenvalue weighted by molar-refractivity contribution is -0.00000254. The summed E-state index contributed by atoms with van der Waals surface area (Å²) in [4.78, 5) is 17.3. The van der Waals surface area contributed by atoms with Crippen molar-refractivity contribution in [1.82, 2.24) is 9.97 Å². The van der Waals surface area contributed by atoms with Gasteiger partial charge < -0.3 is 23.1 Å². The predicted molar refractivity (Wildman–Crippen MR) is 38.7 cm³/mol. The number of hydrogen-bond donors (Lipinski definition) is 2. The van der Waals surface area contributed by atoms with Crippen LogP contribution in [0.4, 0.5) is 5.69 Å². The van der Waals surface area contributed by atoms with E-state index in [9.17, 15) is 4.79 Å². The Morgan fingerprint density at radius 1 is 1.45 bits per heavy atom. The average molecular weight is 175 g/mol. The summed E-state index contributed by atoms with van der Waals surface area (Å²) < 4.78 is 0. The summed E-state index contributed by atoms with van der Waals surface area (Å²) in [5, 5.41) is 0. The zero-order valence-electron chi connectivity index (χ0n) is 6.31. The van der Waals surface area contributed by atoms with Gasteiger partial charge in [-0.05, 0) is 13.8 Å². The largest absolute Gasteiger partial charge is 1.00 e. The van der Waals surface area contributed by atoms with Crippen molar-refractivity contribution in [3.05, 3.63) is 21.9 Å². The summed E-state index contributed by atoms with van der Waals surface area (Å²) >= 11 is 0. The molecule has 0 saturated heterocycles. The van der Waals surface area contributed by atoms with Crippen LogP contribution in [0.5, 0.6) is 0 Å². The number of nitrogens with two attached hydrogens (primary N) is 1. The third-order valence-corrected chi connectivity index (χ3v) is 1.26. The van der Waals surface area contributed by atoms with Crippen LogP contribution in [0, 0.1) is 13.8 Å². The molecule has 11 heavy (non-hydrogen) atoms. The highest BCUT2D eigenvalue weighted by molar-refractivity contribution is 5.38. The second-order valence-corrected chi connectivity index (χ2v) is 2.15. The first-order valence-electron chi connectivity index (χ1n) is 2.94. The quantitative estimate of drug-likeness (QED) is 0.440. The van der Waals surface area contributed by atoms with Crippen molar-refractivity contribution in [3.63, 3.8) is 0 Å². The fraction of sp³-hybridized carbons (Fsp3) is 0.333. The molecular formula is C6H9ClN3O-. The molecule has 0 amide bonds. The van der Waals surface area contributed by atoms with Crippen LogP contribution < -0.4 is 23.7 Å². The molecule has 1 aromatic heterocycles. The molecular weight excluding hydrogens is 166 g/mol. The van der Waals surface area contributed by atoms with Crippen LogP contribution in [0.1, 0.15) is 11.5 Å². The van der Waals surface area contributed by atoms with E-state index < -0.39 is 0 Å². The molecule has 1 aromatic rings. The van der Waals surface area contributed by atoms with E-state index in [1.54, 1.807) is 13.8 Å². The number of nitrogen functional groups attached to an aromatic ring is 1.